The maximum atomic E-state index is 9.52. The van der Waals surface area contributed by atoms with Gasteiger partial charge in [-0.25, -0.2) is 4.98 Å². The minimum atomic E-state index is 0.132. The van der Waals surface area contributed by atoms with Crippen LogP contribution in [-0.4, -0.2) is 99.1 Å². The molecule has 3 aliphatic heterocycles. The molecule has 38 heavy (non-hydrogen) atoms. The van der Waals surface area contributed by atoms with Crippen molar-refractivity contribution in [3.05, 3.63) is 54.4 Å². The summed E-state index contributed by atoms with van der Waals surface area (Å²) in [7, 11) is 0. The lowest BCUT2D eigenvalue weighted by Gasteiger charge is -2.42. The highest BCUT2D eigenvalue weighted by Gasteiger charge is 2.29. The van der Waals surface area contributed by atoms with Crippen LogP contribution >= 0.6 is 0 Å². The van der Waals surface area contributed by atoms with Gasteiger partial charge in [-0.15, -0.1) is 0 Å². The predicted molar refractivity (Wildman–Crippen MR) is 151 cm³/mol. The van der Waals surface area contributed by atoms with Crippen molar-refractivity contribution in [2.24, 2.45) is 0 Å². The van der Waals surface area contributed by atoms with Crippen LogP contribution < -0.4 is 20.0 Å². The number of aromatic nitrogens is 2. The third-order valence-electron chi connectivity index (χ3n) is 7.91. The molecular formula is C29H36N8O. The lowest BCUT2D eigenvalue weighted by molar-refractivity contribution is -0.0327. The first-order valence-electron chi connectivity index (χ1n) is 13.8. The van der Waals surface area contributed by atoms with Crippen LogP contribution in [0.2, 0.25) is 0 Å². The number of nitrogens with one attached hydrogen (secondary N) is 1. The second kappa shape index (κ2) is 11.1. The fourth-order valence-electron chi connectivity index (χ4n) is 5.99. The molecule has 6 rings (SSSR count). The van der Waals surface area contributed by atoms with Gasteiger partial charge >= 0.3 is 0 Å². The average Bonchev–Trinajstić information content (AvgIpc) is 2.97. The topological polar surface area (TPSA) is 83.8 Å². The second-order valence-electron chi connectivity index (χ2n) is 10.5. The van der Waals surface area contributed by atoms with Gasteiger partial charge in [0.25, 0.3) is 0 Å². The number of piperazine rings is 2. The molecule has 0 unspecified atom stereocenters. The first-order chi connectivity index (χ1) is 18.7. The van der Waals surface area contributed by atoms with Gasteiger partial charge in [0.15, 0.2) is 0 Å². The molecule has 1 N–H and O–H groups in total. The first-order valence-corrected chi connectivity index (χ1v) is 13.8. The molecule has 2 atom stereocenters. The molecule has 1 aromatic carbocycles. The molecule has 5 heterocycles. The fraction of sp³-hybridized carbons (Fsp3) is 0.483. The standard InChI is InChI=1S/C29H36N8O/c1-22-19-37(27-6-4-23(17-30)29-26(27)3-2-8-32-29)21-25(38-22)20-34-13-15-35(16-14-34)24-5-7-28(33-18-24)36-11-9-31-10-12-36/h2-8,18,22,25,31H,9-16,19-21H2,1H3/t22-,25+/m1/s1. The summed E-state index contributed by atoms with van der Waals surface area (Å²) in [5.41, 5.74) is 3.73. The largest absolute Gasteiger partial charge is 0.370 e. The minimum Gasteiger partial charge on any atom is -0.370 e. The lowest BCUT2D eigenvalue weighted by atomic mass is 10.1. The van der Waals surface area contributed by atoms with Gasteiger partial charge in [0.2, 0.25) is 0 Å². The summed E-state index contributed by atoms with van der Waals surface area (Å²) in [5.74, 6) is 1.08. The van der Waals surface area contributed by atoms with E-state index in [4.69, 9.17) is 9.72 Å². The molecule has 3 fully saturated rings. The van der Waals surface area contributed by atoms with Gasteiger partial charge in [0.05, 0.1) is 35.2 Å². The van der Waals surface area contributed by atoms with Crippen LogP contribution in [0, 0.1) is 11.3 Å². The molecule has 0 radical (unpaired) electrons. The first kappa shape index (κ1) is 24.9. The summed E-state index contributed by atoms with van der Waals surface area (Å²) in [5, 5.41) is 14.0. The monoisotopic (exact) mass is 512 g/mol. The highest BCUT2D eigenvalue weighted by Crippen LogP contribution is 2.30. The van der Waals surface area contributed by atoms with Crippen molar-refractivity contribution in [1.29, 1.82) is 5.26 Å². The summed E-state index contributed by atoms with van der Waals surface area (Å²) in [6.07, 6.45) is 4.06. The predicted octanol–water partition coefficient (Wildman–Crippen LogP) is 2.33. The van der Waals surface area contributed by atoms with E-state index >= 15 is 0 Å². The highest BCUT2D eigenvalue weighted by atomic mass is 16.5. The van der Waals surface area contributed by atoms with Crippen molar-refractivity contribution in [2.75, 3.05) is 86.7 Å². The molecule has 3 aromatic rings. The molecule has 2 aromatic heterocycles. The van der Waals surface area contributed by atoms with Crippen molar-refractivity contribution >= 4 is 28.1 Å². The quantitative estimate of drug-likeness (QED) is 0.554. The van der Waals surface area contributed by atoms with Crippen LogP contribution in [0.25, 0.3) is 10.9 Å². The van der Waals surface area contributed by atoms with Gasteiger partial charge in [-0.05, 0) is 43.3 Å². The van der Waals surface area contributed by atoms with E-state index in [1.54, 1.807) is 6.20 Å². The molecule has 9 heteroatoms. The zero-order chi connectivity index (χ0) is 25.9. The second-order valence-corrected chi connectivity index (χ2v) is 10.5. The average molecular weight is 513 g/mol. The van der Waals surface area contributed by atoms with E-state index in [1.807, 2.05) is 18.3 Å². The number of morpholine rings is 1. The van der Waals surface area contributed by atoms with Crippen LogP contribution in [-0.2, 0) is 4.74 Å². The van der Waals surface area contributed by atoms with Gasteiger partial charge in [0, 0.05) is 89.3 Å². The number of rotatable bonds is 5. The molecule has 198 valence electrons. The lowest BCUT2D eigenvalue weighted by Crippen LogP contribution is -2.54. The van der Waals surface area contributed by atoms with E-state index in [2.05, 4.69) is 67.2 Å². The van der Waals surface area contributed by atoms with Gasteiger partial charge < -0.3 is 24.8 Å². The van der Waals surface area contributed by atoms with Crippen LogP contribution in [0.15, 0.2) is 48.8 Å². The normalized spacial score (nSPS) is 23.0. The molecule has 0 bridgehead atoms. The van der Waals surface area contributed by atoms with E-state index in [-0.39, 0.29) is 12.2 Å². The molecule has 9 nitrogen and oxygen atoms in total. The summed E-state index contributed by atoms with van der Waals surface area (Å²) in [6, 6.07) is 14.6. The number of nitriles is 1. The Kier molecular flexibility index (Phi) is 7.27. The molecule has 0 spiro atoms. The van der Waals surface area contributed by atoms with E-state index in [1.165, 1.54) is 5.69 Å². The maximum Gasteiger partial charge on any atom is 0.128 e. The Morgan fingerprint density at radius 1 is 0.947 bits per heavy atom. The number of fused-ring (bicyclic) bond motifs is 1. The van der Waals surface area contributed by atoms with Crippen molar-refractivity contribution in [3.8, 4) is 6.07 Å². The molecule has 0 aliphatic carbocycles. The van der Waals surface area contributed by atoms with Gasteiger partial charge in [-0.3, -0.25) is 9.88 Å². The number of pyridine rings is 2. The third-order valence-corrected chi connectivity index (χ3v) is 7.91. The smallest absolute Gasteiger partial charge is 0.128 e. The Labute approximate surface area is 224 Å². The number of hydrogen-bond acceptors (Lipinski definition) is 9. The summed E-state index contributed by atoms with van der Waals surface area (Å²) in [6.45, 7) is 12.8. The number of ether oxygens (including phenoxy) is 1. The number of benzene rings is 1. The Hall–Kier alpha value is -3.45. The summed E-state index contributed by atoms with van der Waals surface area (Å²) >= 11 is 0. The molecule has 0 saturated carbocycles. The van der Waals surface area contributed by atoms with Crippen LogP contribution in [0.1, 0.15) is 12.5 Å². The number of anilines is 3. The van der Waals surface area contributed by atoms with Crippen molar-refractivity contribution < 1.29 is 4.74 Å². The van der Waals surface area contributed by atoms with Gasteiger partial charge in [-0.2, -0.15) is 5.26 Å². The highest BCUT2D eigenvalue weighted by molar-refractivity contribution is 5.95. The van der Waals surface area contributed by atoms with Crippen molar-refractivity contribution in [2.45, 2.75) is 19.1 Å². The molecule has 0 amide bonds. The van der Waals surface area contributed by atoms with Crippen LogP contribution in [0.5, 0.6) is 0 Å². The van der Waals surface area contributed by atoms with E-state index in [0.29, 0.717) is 5.56 Å². The van der Waals surface area contributed by atoms with E-state index < -0.39 is 0 Å². The molecular weight excluding hydrogens is 476 g/mol. The number of hydrogen-bond donors (Lipinski definition) is 1. The number of nitrogens with zero attached hydrogens (tertiary/aromatic N) is 7. The fourth-order valence-corrected chi connectivity index (χ4v) is 5.99. The Morgan fingerprint density at radius 2 is 1.79 bits per heavy atom. The summed E-state index contributed by atoms with van der Waals surface area (Å²) in [4.78, 5) is 19.0. The zero-order valence-electron chi connectivity index (χ0n) is 22.1. The minimum absolute atomic E-state index is 0.132. The molecule has 3 saturated heterocycles. The Bertz CT molecular complexity index is 1280. The third kappa shape index (κ3) is 5.25. The SMILES string of the molecule is C[C@@H]1CN(c2ccc(C#N)c3ncccc23)C[C@H](CN2CCN(c3ccc(N4CCNCC4)nc3)CC2)O1. The molecule has 3 aliphatic rings. The Balaban J connectivity index is 1.07. The van der Waals surface area contributed by atoms with Crippen LogP contribution in [0.3, 0.4) is 0 Å². The Morgan fingerprint density at radius 3 is 2.55 bits per heavy atom. The van der Waals surface area contributed by atoms with Gasteiger partial charge in [0.1, 0.15) is 11.9 Å². The van der Waals surface area contributed by atoms with Gasteiger partial charge in [-0.1, -0.05) is 0 Å². The van der Waals surface area contributed by atoms with E-state index in [0.717, 1.165) is 94.4 Å². The summed E-state index contributed by atoms with van der Waals surface area (Å²) < 4.78 is 6.40. The maximum absolute atomic E-state index is 9.52. The zero-order valence-corrected chi connectivity index (χ0v) is 22.1. The van der Waals surface area contributed by atoms with E-state index in [9.17, 15) is 5.26 Å². The van der Waals surface area contributed by atoms with Crippen molar-refractivity contribution in [1.82, 2.24) is 20.2 Å². The van der Waals surface area contributed by atoms with Crippen LogP contribution in [0.4, 0.5) is 17.2 Å². The van der Waals surface area contributed by atoms with Crippen molar-refractivity contribution in [3.63, 3.8) is 0 Å².